The van der Waals surface area contributed by atoms with E-state index in [1.165, 1.54) is 5.56 Å². The van der Waals surface area contributed by atoms with Crippen LogP contribution in [-0.2, 0) is 0 Å². The van der Waals surface area contributed by atoms with Gasteiger partial charge in [-0.3, -0.25) is 4.98 Å². The Kier molecular flexibility index (Phi) is 8.90. The molecule has 13 aromatic rings. The van der Waals surface area contributed by atoms with Crippen LogP contribution in [0.15, 0.2) is 225 Å². The van der Waals surface area contributed by atoms with E-state index in [1.54, 1.807) is 0 Å². The van der Waals surface area contributed by atoms with Gasteiger partial charge in [0.2, 0.25) is 0 Å². The number of hydrogen-bond acceptors (Lipinski definition) is 2. The molecule has 0 fully saturated rings. The Morgan fingerprint density at radius 1 is 0.368 bits per heavy atom. The van der Waals surface area contributed by atoms with Crippen molar-refractivity contribution >= 4 is 70.8 Å². The standard InChI is InChI=1S/C63H37N5/c1-65-47-22-28-61-55(38-47)54-35-46(21-27-60(54)68(61)49-15-9-4-10-16-49)44-18-23-50-57(37-44)63(42-29-31-66-32-30-42)51-24-19-43(36-56(51)62(50)41-11-5-2-6-12-41)45-20-26-59-53(34-45)52-33-40(39-64)17-25-58(52)67(59)48-13-7-3-8-14-48/h2-38H. The van der Waals surface area contributed by atoms with Crippen LogP contribution in [0, 0.1) is 17.9 Å². The number of rotatable bonds is 6. The van der Waals surface area contributed by atoms with Gasteiger partial charge in [-0.2, -0.15) is 5.26 Å². The van der Waals surface area contributed by atoms with Gasteiger partial charge in [-0.05, 0) is 175 Å². The molecule has 0 atom stereocenters. The average molecular weight is 864 g/mol. The predicted octanol–water partition coefficient (Wildman–Crippen LogP) is 16.7. The van der Waals surface area contributed by atoms with Crippen LogP contribution in [0.4, 0.5) is 5.69 Å². The van der Waals surface area contributed by atoms with Gasteiger partial charge < -0.3 is 9.13 Å². The van der Waals surface area contributed by atoms with E-state index in [9.17, 15) is 5.26 Å². The third-order valence-electron chi connectivity index (χ3n) is 13.6. The first kappa shape index (κ1) is 38.9. The fourth-order valence-corrected chi connectivity index (χ4v) is 10.6. The Labute approximate surface area is 392 Å². The maximum absolute atomic E-state index is 9.96. The molecule has 5 heteroatoms. The number of fused-ring (bicyclic) bond motifs is 8. The third-order valence-corrected chi connectivity index (χ3v) is 13.6. The van der Waals surface area contributed by atoms with Gasteiger partial charge in [0.1, 0.15) is 0 Å². The molecule has 0 unspecified atom stereocenters. The molecule has 10 aromatic carbocycles. The first-order valence-electron chi connectivity index (χ1n) is 22.7. The van der Waals surface area contributed by atoms with Gasteiger partial charge >= 0.3 is 0 Å². The maximum atomic E-state index is 9.96. The van der Waals surface area contributed by atoms with Crippen LogP contribution < -0.4 is 0 Å². The summed E-state index contributed by atoms with van der Waals surface area (Å²) in [7, 11) is 0. The van der Waals surface area contributed by atoms with Gasteiger partial charge in [0.25, 0.3) is 0 Å². The minimum atomic E-state index is 0.622. The Balaban J connectivity index is 1.05. The number of pyridine rings is 1. The summed E-state index contributed by atoms with van der Waals surface area (Å²) in [6, 6.07) is 77.5. The molecule has 0 saturated carbocycles. The van der Waals surface area contributed by atoms with E-state index >= 15 is 0 Å². The highest BCUT2D eigenvalue weighted by Crippen LogP contribution is 2.47. The lowest BCUT2D eigenvalue weighted by Gasteiger charge is -2.19. The van der Waals surface area contributed by atoms with Crippen LogP contribution in [0.5, 0.6) is 0 Å². The highest BCUT2D eigenvalue weighted by molar-refractivity contribution is 6.23. The molecule has 0 amide bonds. The van der Waals surface area contributed by atoms with Gasteiger partial charge in [0, 0.05) is 39.9 Å². The number of benzene rings is 10. The van der Waals surface area contributed by atoms with Crippen molar-refractivity contribution in [3.05, 3.63) is 242 Å². The lowest BCUT2D eigenvalue weighted by Crippen LogP contribution is -1.94. The fourth-order valence-electron chi connectivity index (χ4n) is 10.6. The van der Waals surface area contributed by atoms with Gasteiger partial charge in [0.05, 0.1) is 40.3 Å². The minimum Gasteiger partial charge on any atom is -0.309 e. The molecule has 3 aromatic heterocycles. The van der Waals surface area contributed by atoms with Crippen LogP contribution in [0.3, 0.4) is 0 Å². The first-order valence-corrected chi connectivity index (χ1v) is 22.7. The summed E-state index contributed by atoms with van der Waals surface area (Å²) in [6.07, 6.45) is 3.76. The number of hydrogen-bond donors (Lipinski definition) is 0. The molecule has 0 aliphatic rings. The quantitative estimate of drug-likeness (QED) is 0.123. The van der Waals surface area contributed by atoms with Crippen LogP contribution >= 0.6 is 0 Å². The van der Waals surface area contributed by atoms with E-state index < -0.39 is 0 Å². The molecular weight excluding hydrogens is 827 g/mol. The summed E-state index contributed by atoms with van der Waals surface area (Å²) in [4.78, 5) is 8.25. The fraction of sp³-hybridized carbons (Fsp3) is 0. The lowest BCUT2D eigenvalue weighted by atomic mass is 9.84. The minimum absolute atomic E-state index is 0.622. The van der Waals surface area contributed by atoms with Crippen molar-refractivity contribution in [3.63, 3.8) is 0 Å². The van der Waals surface area contributed by atoms with Gasteiger partial charge in [-0.25, -0.2) is 4.85 Å². The van der Waals surface area contributed by atoms with E-state index in [4.69, 9.17) is 6.57 Å². The lowest BCUT2D eigenvalue weighted by molar-refractivity contribution is 1.18. The van der Waals surface area contributed by atoms with Crippen LogP contribution in [-0.4, -0.2) is 14.1 Å². The molecule has 0 bridgehead atoms. The molecule has 68 heavy (non-hydrogen) atoms. The Bertz CT molecular complexity index is 3970. The molecular formula is C63H37N5. The zero-order chi connectivity index (χ0) is 45.3. The third kappa shape index (κ3) is 6.12. The highest BCUT2D eigenvalue weighted by Gasteiger charge is 2.21. The number of nitriles is 1. The van der Waals surface area contributed by atoms with Crippen LogP contribution in [0.25, 0.3) is 126 Å². The molecule has 0 saturated heterocycles. The predicted molar refractivity (Wildman–Crippen MR) is 281 cm³/mol. The number of aromatic nitrogens is 3. The Morgan fingerprint density at radius 3 is 1.28 bits per heavy atom. The van der Waals surface area contributed by atoms with Gasteiger partial charge in [0.15, 0.2) is 5.69 Å². The van der Waals surface area contributed by atoms with Crippen LogP contribution in [0.1, 0.15) is 5.56 Å². The summed E-state index contributed by atoms with van der Waals surface area (Å²) >= 11 is 0. The van der Waals surface area contributed by atoms with Crippen molar-refractivity contribution < 1.29 is 0 Å². The zero-order valence-corrected chi connectivity index (χ0v) is 36.6. The van der Waals surface area contributed by atoms with E-state index in [0.717, 1.165) is 115 Å². The maximum Gasteiger partial charge on any atom is 0.188 e. The topological polar surface area (TPSA) is 50.9 Å². The molecule has 0 spiro atoms. The molecule has 0 N–H and O–H groups in total. The summed E-state index contributed by atoms with van der Waals surface area (Å²) < 4.78 is 4.58. The molecule has 13 rings (SSSR count). The van der Waals surface area contributed by atoms with Gasteiger partial charge in [-0.1, -0.05) is 109 Å². The normalized spacial score (nSPS) is 11.5. The van der Waals surface area contributed by atoms with E-state index in [0.29, 0.717) is 11.3 Å². The van der Waals surface area contributed by atoms with Crippen molar-refractivity contribution in [1.29, 1.82) is 5.26 Å². The van der Waals surface area contributed by atoms with Crippen molar-refractivity contribution in [2.45, 2.75) is 0 Å². The molecule has 3 heterocycles. The SMILES string of the molecule is [C-]#[N+]c1ccc2c(c1)c1cc(-c3ccc4c(-c5ccccc5)c5cc(-c6ccc7c(c6)c6cc(C#N)ccc6n7-c6ccccc6)ccc5c(-c5ccncc5)c4c3)ccc1n2-c1ccccc1. The molecule has 0 aliphatic heterocycles. The van der Waals surface area contributed by atoms with Crippen LogP contribution in [0.2, 0.25) is 0 Å². The van der Waals surface area contributed by atoms with E-state index in [2.05, 4.69) is 201 Å². The van der Waals surface area contributed by atoms with Crippen molar-refractivity contribution in [2.24, 2.45) is 0 Å². The van der Waals surface area contributed by atoms with Crippen molar-refractivity contribution in [3.8, 4) is 62.0 Å². The summed E-state index contributed by atoms with van der Waals surface area (Å²) in [5.41, 5.74) is 16.7. The van der Waals surface area contributed by atoms with Crippen molar-refractivity contribution in [2.75, 3.05) is 0 Å². The summed E-state index contributed by atoms with van der Waals surface area (Å²) in [6.45, 7) is 7.84. The summed E-state index contributed by atoms with van der Waals surface area (Å²) in [5.74, 6) is 0. The second-order valence-corrected chi connectivity index (χ2v) is 17.3. The average Bonchev–Trinajstić information content (AvgIpc) is 3.92. The second kappa shape index (κ2) is 15.6. The van der Waals surface area contributed by atoms with E-state index in [1.807, 2.05) is 48.8 Å². The monoisotopic (exact) mass is 863 g/mol. The largest absolute Gasteiger partial charge is 0.309 e. The number of para-hydroxylation sites is 2. The number of nitrogens with zero attached hydrogens (tertiary/aromatic N) is 5. The molecule has 314 valence electrons. The molecule has 5 nitrogen and oxygen atoms in total. The molecule has 0 aliphatic carbocycles. The highest BCUT2D eigenvalue weighted by atomic mass is 15.0. The second-order valence-electron chi connectivity index (χ2n) is 17.3. The Hall–Kier alpha value is -9.55. The smallest absolute Gasteiger partial charge is 0.188 e. The van der Waals surface area contributed by atoms with Crippen molar-refractivity contribution in [1.82, 2.24) is 14.1 Å². The first-order chi connectivity index (χ1) is 33.6. The summed E-state index contributed by atoms with van der Waals surface area (Å²) in [5, 5.41) is 18.9. The van der Waals surface area contributed by atoms with Gasteiger partial charge in [-0.15, -0.1) is 0 Å². The van der Waals surface area contributed by atoms with E-state index in [-0.39, 0.29) is 0 Å². The zero-order valence-electron chi connectivity index (χ0n) is 36.6. The Morgan fingerprint density at radius 2 is 0.779 bits per heavy atom. The molecule has 0 radical (unpaired) electrons.